The van der Waals surface area contributed by atoms with E-state index in [1.54, 1.807) is 23.7 Å². The van der Waals surface area contributed by atoms with Gasteiger partial charge in [0, 0.05) is 107 Å². The maximum atomic E-state index is 14.2. The molecule has 20 nitrogen and oxygen atoms in total. The van der Waals surface area contributed by atoms with Crippen molar-refractivity contribution in [3.8, 4) is 39.2 Å². The van der Waals surface area contributed by atoms with E-state index in [0.29, 0.717) is 60.0 Å². The van der Waals surface area contributed by atoms with E-state index >= 15 is 0 Å². The Hall–Kier alpha value is -6.91. The van der Waals surface area contributed by atoms with Crippen molar-refractivity contribution in [2.75, 3.05) is 87.7 Å². The van der Waals surface area contributed by atoms with E-state index < -0.39 is 18.1 Å². The van der Waals surface area contributed by atoms with Crippen molar-refractivity contribution in [3.05, 3.63) is 102 Å². The highest BCUT2D eigenvalue weighted by Crippen LogP contribution is 2.40. The first-order valence-corrected chi connectivity index (χ1v) is 26.8. The Balaban J connectivity index is 0.655. The lowest BCUT2D eigenvalue weighted by Gasteiger charge is -2.43. The molecule has 6 atom stereocenters. The Bertz CT molecular complexity index is 2900. The van der Waals surface area contributed by atoms with Gasteiger partial charge in [-0.25, -0.2) is 9.97 Å². The first-order valence-electron chi connectivity index (χ1n) is 25.9. The van der Waals surface area contributed by atoms with Crippen LogP contribution < -0.4 is 30.3 Å². The Kier molecular flexibility index (Phi) is 15.8. The van der Waals surface area contributed by atoms with Gasteiger partial charge in [0.2, 0.25) is 17.7 Å². The summed E-state index contributed by atoms with van der Waals surface area (Å²) in [6.45, 7) is 13.1. The van der Waals surface area contributed by atoms with Crippen molar-refractivity contribution in [2.24, 2.45) is 5.92 Å². The minimum Gasteiger partial charge on any atom is -0.507 e. The first-order chi connectivity index (χ1) is 36.4. The average molecular weight is 1040 g/mol. The molecular formula is C54H66N12O8S. The van der Waals surface area contributed by atoms with Gasteiger partial charge in [-0.3, -0.25) is 19.4 Å². The lowest BCUT2D eigenvalue weighted by molar-refractivity contribution is -0.141. The Morgan fingerprint density at radius 1 is 0.880 bits per heavy atom. The predicted octanol–water partition coefficient (Wildman–Crippen LogP) is 4.94. The summed E-state index contributed by atoms with van der Waals surface area (Å²) in [5, 5.41) is 46.6. The van der Waals surface area contributed by atoms with Gasteiger partial charge in [-0.05, 0) is 66.2 Å². The number of hydrogen-bond acceptors (Lipinski definition) is 19. The summed E-state index contributed by atoms with van der Waals surface area (Å²) < 4.78 is 18.0. The number of nitrogens with zero attached hydrogens (tertiary/aromatic N) is 10. The number of carbonyl (C=O) groups excluding carboxylic acids is 2. The number of fused-ring (bicyclic) bond motifs is 2. The largest absolute Gasteiger partial charge is 0.507 e. The first kappa shape index (κ1) is 51.6. The van der Waals surface area contributed by atoms with Crippen LogP contribution in [-0.2, 0) is 16.2 Å². The summed E-state index contributed by atoms with van der Waals surface area (Å²) in [4.78, 5) is 48.7. The van der Waals surface area contributed by atoms with Gasteiger partial charge in [0.25, 0.3) is 5.88 Å². The number of hydrogen-bond donors (Lipinski definition) is 5. The second kappa shape index (κ2) is 22.9. The van der Waals surface area contributed by atoms with Gasteiger partial charge in [-0.15, -0.1) is 21.5 Å². The summed E-state index contributed by atoms with van der Waals surface area (Å²) in [6.07, 6.45) is 3.22. The van der Waals surface area contributed by atoms with Crippen LogP contribution in [0.3, 0.4) is 0 Å². The number of anilines is 3. The molecule has 21 heteroatoms. The molecule has 396 valence electrons. The van der Waals surface area contributed by atoms with E-state index in [1.165, 1.54) is 16.2 Å². The second-order valence-corrected chi connectivity index (χ2v) is 21.1. The van der Waals surface area contributed by atoms with Crippen molar-refractivity contribution in [3.63, 3.8) is 0 Å². The molecule has 6 N–H and O–H groups in total. The number of β-amino-alcohol motifs (C(OH)–C–C–N with tert-alkyl or cyclic N) is 1. The van der Waals surface area contributed by atoms with Crippen molar-refractivity contribution in [1.82, 2.24) is 45.3 Å². The SMILES string of the molecule is CC(C)C(C(=O)N1C[C@H](O)C[C@H]1C(=O)N[C@@H](C)c1ccc(-c2scnc2CO)cc1)c1cc(OCCN2CCN(CCOc3cc(N4C5CCC4CN(c4cc(-c6ccccc6O)nnc4N)C5)ccn3)CC2)no1. The van der Waals surface area contributed by atoms with Crippen LogP contribution in [-0.4, -0.2) is 164 Å². The Morgan fingerprint density at radius 3 is 2.28 bits per heavy atom. The molecule has 3 unspecified atom stereocenters. The number of aromatic hydroxyl groups is 1. The number of likely N-dealkylation sites (tertiary alicyclic amines) is 1. The number of phenolic OH excluding ortho intramolecular Hbond substituents is 1. The van der Waals surface area contributed by atoms with Gasteiger partial charge in [0.05, 0.1) is 46.2 Å². The van der Waals surface area contributed by atoms with Crippen molar-refractivity contribution >= 4 is 40.3 Å². The van der Waals surface area contributed by atoms with Crippen LogP contribution in [0, 0.1) is 5.92 Å². The molecule has 4 aliphatic heterocycles. The molecular weight excluding hydrogens is 977 g/mol. The summed E-state index contributed by atoms with van der Waals surface area (Å²) >= 11 is 1.46. The third-order valence-electron chi connectivity index (χ3n) is 15.0. The van der Waals surface area contributed by atoms with Crippen LogP contribution in [0.5, 0.6) is 17.5 Å². The molecule has 0 saturated carbocycles. The fourth-order valence-electron chi connectivity index (χ4n) is 11.1. The number of ether oxygens (including phenoxy) is 2. The summed E-state index contributed by atoms with van der Waals surface area (Å²) in [5.74, 6) is 0.180. The van der Waals surface area contributed by atoms with E-state index in [9.17, 15) is 24.9 Å². The summed E-state index contributed by atoms with van der Waals surface area (Å²) in [6, 6.07) is 21.9. The number of para-hydroxylation sites is 1. The number of aromatic nitrogens is 5. The smallest absolute Gasteiger partial charge is 0.254 e. The fourth-order valence-corrected chi connectivity index (χ4v) is 11.9. The van der Waals surface area contributed by atoms with E-state index in [4.69, 9.17) is 19.7 Å². The topological polar surface area (TPSA) is 245 Å². The number of aliphatic hydroxyl groups excluding tert-OH is 2. The van der Waals surface area contributed by atoms with E-state index in [-0.39, 0.29) is 61.2 Å². The Morgan fingerprint density at radius 2 is 1.59 bits per heavy atom. The predicted molar refractivity (Wildman–Crippen MR) is 283 cm³/mol. The van der Waals surface area contributed by atoms with Crippen LogP contribution in [0.1, 0.15) is 69.0 Å². The van der Waals surface area contributed by atoms with Gasteiger partial charge < -0.3 is 55.1 Å². The van der Waals surface area contributed by atoms with Crippen LogP contribution >= 0.6 is 11.3 Å². The number of amides is 2. The lowest BCUT2D eigenvalue weighted by atomic mass is 9.91. The molecule has 4 saturated heterocycles. The fraction of sp³-hybridized carbons (Fsp3) is 0.463. The van der Waals surface area contributed by atoms with Crippen molar-refractivity contribution in [1.29, 1.82) is 0 Å². The number of nitrogens with one attached hydrogen (secondary N) is 1. The van der Waals surface area contributed by atoms with Gasteiger partial charge in [0.15, 0.2) is 11.6 Å². The molecule has 4 fully saturated rings. The molecule has 0 radical (unpaired) electrons. The van der Waals surface area contributed by atoms with E-state index in [0.717, 1.165) is 86.0 Å². The molecule has 4 aromatic heterocycles. The molecule has 6 aromatic rings. The van der Waals surface area contributed by atoms with Gasteiger partial charge in [-0.2, -0.15) is 0 Å². The zero-order chi connectivity index (χ0) is 52.2. The second-order valence-electron chi connectivity index (χ2n) is 20.3. The number of thiazole rings is 1. The zero-order valence-electron chi connectivity index (χ0n) is 42.6. The number of benzene rings is 2. The number of rotatable bonds is 19. The maximum absolute atomic E-state index is 14.2. The number of pyridine rings is 1. The third-order valence-corrected chi connectivity index (χ3v) is 16.0. The maximum Gasteiger partial charge on any atom is 0.254 e. The number of carbonyl (C=O) groups is 2. The Labute approximate surface area is 440 Å². The van der Waals surface area contributed by atoms with Gasteiger partial charge in [-0.1, -0.05) is 50.2 Å². The van der Waals surface area contributed by atoms with Crippen molar-refractivity contribution in [2.45, 2.75) is 82.8 Å². The highest BCUT2D eigenvalue weighted by molar-refractivity contribution is 7.13. The molecule has 2 aromatic carbocycles. The van der Waals surface area contributed by atoms with Gasteiger partial charge in [0.1, 0.15) is 30.9 Å². The summed E-state index contributed by atoms with van der Waals surface area (Å²) in [7, 11) is 0. The molecule has 4 aliphatic rings. The molecule has 8 heterocycles. The van der Waals surface area contributed by atoms with Crippen molar-refractivity contribution < 1.29 is 38.9 Å². The number of piperazine rings is 2. The average Bonchev–Trinajstić information content (AvgIpc) is 4.23. The minimum absolute atomic E-state index is 0.0319. The van der Waals surface area contributed by atoms with E-state index in [1.807, 2.05) is 69.4 Å². The third kappa shape index (κ3) is 11.5. The highest BCUT2D eigenvalue weighted by Gasteiger charge is 2.44. The van der Waals surface area contributed by atoms with Crippen LogP contribution in [0.25, 0.3) is 21.7 Å². The number of aliphatic hydroxyl groups is 2. The molecule has 10 rings (SSSR count). The van der Waals surface area contributed by atoms with Crippen LogP contribution in [0.15, 0.2) is 89.0 Å². The van der Waals surface area contributed by atoms with Gasteiger partial charge >= 0.3 is 0 Å². The lowest BCUT2D eigenvalue weighted by Crippen LogP contribution is -2.54. The monoisotopic (exact) mass is 1040 g/mol. The normalized spacial score (nSPS) is 20.9. The minimum atomic E-state index is -0.858. The number of phenols is 1. The molecule has 2 amide bonds. The highest BCUT2D eigenvalue weighted by atomic mass is 32.1. The number of nitrogens with two attached hydrogens (primary N) is 1. The zero-order valence-corrected chi connectivity index (χ0v) is 43.4. The standard InChI is InChI=1S/C54H66N12O8S/c1-33(2)50(54(71)65-30-40(68)25-45(65)53(70)58-34(3)35-8-10-36(11-9-35)51-43(31-67)57-32-75-51)47-27-49(61-74-47)73-23-21-63-18-16-62(17-19-63)20-22-72-48-24-37(14-15-56-48)66-38-12-13-39(66)29-64(28-38)44-26-42(59-60-52(44)55)41-6-4-5-7-46(41)69/h4-11,14-15,24,26-27,32-34,38-40,45,50,67-69H,12-13,16-23,25,28-31H2,1-3H3,(H2,55,60)(H,58,70)/t34-,38?,39?,40+,45-,50?/m0/s1. The molecule has 0 aliphatic carbocycles. The molecule has 2 bridgehead atoms. The molecule has 75 heavy (non-hydrogen) atoms. The quantitative estimate of drug-likeness (QED) is 0.0721. The van der Waals surface area contributed by atoms with Crippen LogP contribution in [0.4, 0.5) is 17.2 Å². The van der Waals surface area contributed by atoms with E-state index in [2.05, 4.69) is 62.4 Å². The molecule has 0 spiro atoms. The summed E-state index contributed by atoms with van der Waals surface area (Å²) in [5.41, 5.74) is 13.6. The van der Waals surface area contributed by atoms with Crippen LogP contribution in [0.2, 0.25) is 0 Å². The number of nitrogen functional groups attached to an aromatic ring is 1.